The Labute approximate surface area is 90.0 Å². The van der Waals surface area contributed by atoms with Crippen LogP contribution in [0.4, 0.5) is 10.1 Å². The summed E-state index contributed by atoms with van der Waals surface area (Å²) in [4.78, 5) is 0. The van der Waals surface area contributed by atoms with Crippen molar-refractivity contribution in [1.82, 2.24) is 5.32 Å². The smallest absolute Gasteiger partial charge is 0.130 e. The third-order valence-electron chi connectivity index (χ3n) is 2.24. The van der Waals surface area contributed by atoms with Crippen molar-refractivity contribution in [3.05, 3.63) is 35.2 Å². The Hall–Kier alpha value is -1.35. The van der Waals surface area contributed by atoms with E-state index in [4.69, 9.17) is 5.73 Å². The number of anilines is 1. The van der Waals surface area contributed by atoms with E-state index in [0.717, 1.165) is 18.5 Å². The van der Waals surface area contributed by atoms with Crippen LogP contribution in [0.25, 0.3) is 6.08 Å². The van der Waals surface area contributed by atoms with Crippen molar-refractivity contribution < 1.29 is 4.39 Å². The summed E-state index contributed by atoms with van der Waals surface area (Å²) in [5.41, 5.74) is 7.66. The second-order valence-electron chi connectivity index (χ2n) is 3.52. The zero-order valence-corrected chi connectivity index (χ0v) is 9.18. The standard InChI is InChI=1S/C12H17FN2/c1-9-7-11(13)10(8-12(9)14)5-3-4-6-15-2/h3,5,7-8,15H,4,6,14H2,1-2H3. The van der Waals surface area contributed by atoms with Crippen LogP contribution in [0.15, 0.2) is 18.2 Å². The summed E-state index contributed by atoms with van der Waals surface area (Å²) in [6.07, 6.45) is 4.58. The lowest BCUT2D eigenvalue weighted by Crippen LogP contribution is -2.05. The number of hydrogen-bond acceptors (Lipinski definition) is 2. The quantitative estimate of drug-likeness (QED) is 0.588. The molecule has 0 amide bonds. The Bertz CT molecular complexity index is 359. The molecule has 0 radical (unpaired) electrons. The van der Waals surface area contributed by atoms with Gasteiger partial charge in [0.2, 0.25) is 0 Å². The van der Waals surface area contributed by atoms with Crippen molar-refractivity contribution in [3.8, 4) is 0 Å². The molecule has 0 spiro atoms. The van der Waals surface area contributed by atoms with Crippen molar-refractivity contribution in [2.75, 3.05) is 19.3 Å². The molecule has 0 aliphatic carbocycles. The molecule has 0 fully saturated rings. The number of hydrogen-bond donors (Lipinski definition) is 2. The van der Waals surface area contributed by atoms with Crippen molar-refractivity contribution in [2.24, 2.45) is 0 Å². The normalized spacial score (nSPS) is 11.1. The van der Waals surface area contributed by atoms with Crippen LogP contribution < -0.4 is 11.1 Å². The second-order valence-corrected chi connectivity index (χ2v) is 3.52. The maximum atomic E-state index is 13.4. The molecule has 3 heteroatoms. The molecule has 2 nitrogen and oxygen atoms in total. The Morgan fingerprint density at radius 3 is 2.87 bits per heavy atom. The number of nitrogens with one attached hydrogen (secondary N) is 1. The maximum Gasteiger partial charge on any atom is 0.130 e. The molecule has 1 aromatic rings. The van der Waals surface area contributed by atoms with E-state index >= 15 is 0 Å². The van der Waals surface area contributed by atoms with E-state index < -0.39 is 0 Å². The lowest BCUT2D eigenvalue weighted by atomic mass is 10.1. The van der Waals surface area contributed by atoms with Crippen LogP contribution in [-0.4, -0.2) is 13.6 Å². The summed E-state index contributed by atoms with van der Waals surface area (Å²) < 4.78 is 13.4. The van der Waals surface area contributed by atoms with Gasteiger partial charge in [0.25, 0.3) is 0 Å². The molecule has 82 valence electrons. The number of halogens is 1. The molecule has 0 saturated heterocycles. The number of aryl methyl sites for hydroxylation is 1. The molecular weight excluding hydrogens is 191 g/mol. The number of nitrogen functional groups attached to an aromatic ring is 1. The second kappa shape index (κ2) is 5.51. The van der Waals surface area contributed by atoms with Gasteiger partial charge < -0.3 is 11.1 Å². The highest BCUT2D eigenvalue weighted by molar-refractivity contribution is 5.59. The average Bonchev–Trinajstić information content (AvgIpc) is 2.20. The first kappa shape index (κ1) is 11.7. The molecule has 0 atom stereocenters. The predicted octanol–water partition coefficient (Wildman–Crippen LogP) is 2.34. The lowest BCUT2D eigenvalue weighted by molar-refractivity contribution is 0.624. The average molecular weight is 208 g/mol. The van der Waals surface area contributed by atoms with E-state index in [9.17, 15) is 4.39 Å². The van der Waals surface area contributed by atoms with Crippen molar-refractivity contribution >= 4 is 11.8 Å². The highest BCUT2D eigenvalue weighted by atomic mass is 19.1. The minimum Gasteiger partial charge on any atom is -0.398 e. The van der Waals surface area contributed by atoms with Gasteiger partial charge in [0.15, 0.2) is 0 Å². The van der Waals surface area contributed by atoms with E-state index in [1.807, 2.05) is 13.1 Å². The largest absolute Gasteiger partial charge is 0.398 e. The summed E-state index contributed by atoms with van der Waals surface area (Å²) in [5.74, 6) is -0.220. The molecule has 0 aliphatic heterocycles. The molecule has 15 heavy (non-hydrogen) atoms. The molecular formula is C12H17FN2. The van der Waals surface area contributed by atoms with E-state index in [-0.39, 0.29) is 5.82 Å². The van der Waals surface area contributed by atoms with Crippen LogP contribution in [0.1, 0.15) is 17.5 Å². The summed E-state index contributed by atoms with van der Waals surface area (Å²) in [6, 6.07) is 3.13. The minimum atomic E-state index is -0.220. The highest BCUT2D eigenvalue weighted by Gasteiger charge is 2.01. The maximum absolute atomic E-state index is 13.4. The van der Waals surface area contributed by atoms with Gasteiger partial charge >= 0.3 is 0 Å². The summed E-state index contributed by atoms with van der Waals surface area (Å²) in [7, 11) is 1.89. The van der Waals surface area contributed by atoms with E-state index in [0.29, 0.717) is 11.3 Å². The summed E-state index contributed by atoms with van der Waals surface area (Å²) in [5, 5.41) is 3.02. The first-order chi connectivity index (χ1) is 7.15. The molecule has 0 unspecified atom stereocenters. The molecule has 1 rings (SSSR count). The summed E-state index contributed by atoms with van der Waals surface area (Å²) >= 11 is 0. The summed E-state index contributed by atoms with van der Waals surface area (Å²) in [6.45, 7) is 2.69. The van der Waals surface area contributed by atoms with Gasteiger partial charge in [0, 0.05) is 11.3 Å². The van der Waals surface area contributed by atoms with Gasteiger partial charge in [-0.25, -0.2) is 4.39 Å². The monoisotopic (exact) mass is 208 g/mol. The van der Waals surface area contributed by atoms with Gasteiger partial charge in [-0.15, -0.1) is 0 Å². The van der Waals surface area contributed by atoms with Crippen LogP contribution >= 0.6 is 0 Å². The van der Waals surface area contributed by atoms with Gasteiger partial charge in [-0.3, -0.25) is 0 Å². The molecule has 0 aliphatic rings. The lowest BCUT2D eigenvalue weighted by Gasteiger charge is -2.03. The van der Waals surface area contributed by atoms with Gasteiger partial charge in [0.05, 0.1) is 0 Å². The highest BCUT2D eigenvalue weighted by Crippen LogP contribution is 2.18. The van der Waals surface area contributed by atoms with Gasteiger partial charge in [-0.1, -0.05) is 12.2 Å². The fraction of sp³-hybridized carbons (Fsp3) is 0.333. The van der Waals surface area contributed by atoms with E-state index in [1.54, 1.807) is 19.1 Å². The topological polar surface area (TPSA) is 38.0 Å². The fourth-order valence-corrected chi connectivity index (χ4v) is 1.27. The molecule has 3 N–H and O–H groups in total. The van der Waals surface area contributed by atoms with Crippen molar-refractivity contribution in [3.63, 3.8) is 0 Å². The van der Waals surface area contributed by atoms with Gasteiger partial charge in [-0.2, -0.15) is 0 Å². The van der Waals surface area contributed by atoms with Crippen LogP contribution in [-0.2, 0) is 0 Å². The first-order valence-corrected chi connectivity index (χ1v) is 5.02. The molecule has 1 aromatic carbocycles. The zero-order valence-electron chi connectivity index (χ0n) is 9.18. The fourth-order valence-electron chi connectivity index (χ4n) is 1.27. The van der Waals surface area contributed by atoms with Crippen LogP contribution in [0.2, 0.25) is 0 Å². The molecule has 0 saturated carbocycles. The number of nitrogens with two attached hydrogens (primary N) is 1. The van der Waals surface area contributed by atoms with Crippen molar-refractivity contribution in [1.29, 1.82) is 0 Å². The number of benzene rings is 1. The van der Waals surface area contributed by atoms with E-state index in [2.05, 4.69) is 5.32 Å². The zero-order chi connectivity index (χ0) is 11.3. The van der Waals surface area contributed by atoms with Crippen molar-refractivity contribution in [2.45, 2.75) is 13.3 Å². The first-order valence-electron chi connectivity index (χ1n) is 5.02. The Kier molecular flexibility index (Phi) is 4.31. The minimum absolute atomic E-state index is 0.220. The number of rotatable bonds is 4. The van der Waals surface area contributed by atoms with Gasteiger partial charge in [0.1, 0.15) is 5.82 Å². The van der Waals surface area contributed by atoms with E-state index in [1.165, 1.54) is 6.07 Å². The molecule has 0 heterocycles. The Balaban J connectivity index is 2.77. The molecule has 0 bridgehead atoms. The third-order valence-corrected chi connectivity index (χ3v) is 2.24. The van der Waals surface area contributed by atoms with Crippen LogP contribution in [0, 0.1) is 12.7 Å². The van der Waals surface area contributed by atoms with Crippen LogP contribution in [0.5, 0.6) is 0 Å². The predicted molar refractivity (Wildman–Crippen MR) is 63.1 cm³/mol. The SMILES string of the molecule is CNCCC=Cc1cc(N)c(C)cc1F. The molecule has 0 aromatic heterocycles. The van der Waals surface area contributed by atoms with Gasteiger partial charge in [-0.05, 0) is 44.6 Å². The van der Waals surface area contributed by atoms with Crippen LogP contribution in [0.3, 0.4) is 0 Å². The Morgan fingerprint density at radius 1 is 1.47 bits per heavy atom. The third kappa shape index (κ3) is 3.36. The Morgan fingerprint density at radius 2 is 2.20 bits per heavy atom.